The van der Waals surface area contributed by atoms with Crippen LogP contribution in [0.25, 0.3) is 0 Å². The van der Waals surface area contributed by atoms with Crippen molar-refractivity contribution in [2.24, 2.45) is 5.92 Å². The summed E-state index contributed by atoms with van der Waals surface area (Å²) in [4.78, 5) is 30.9. The zero-order valence-electron chi connectivity index (χ0n) is 15.3. The van der Waals surface area contributed by atoms with E-state index in [4.69, 9.17) is 25.4 Å². The highest BCUT2D eigenvalue weighted by molar-refractivity contribution is 5.92. The number of amides is 1. The summed E-state index contributed by atoms with van der Waals surface area (Å²) in [5, 5.41) is 22.4. The first-order valence-electron chi connectivity index (χ1n) is 8.55. The topological polar surface area (TPSA) is 171 Å². The van der Waals surface area contributed by atoms with Gasteiger partial charge in [0.05, 0.1) is 6.20 Å². The van der Waals surface area contributed by atoms with Gasteiger partial charge in [0.25, 0.3) is 12.4 Å². The van der Waals surface area contributed by atoms with E-state index >= 15 is 0 Å². The predicted octanol–water partition coefficient (Wildman–Crippen LogP) is 0.574. The van der Waals surface area contributed by atoms with Crippen molar-refractivity contribution in [1.29, 1.82) is 5.26 Å². The zero-order chi connectivity index (χ0) is 20.5. The third-order valence-electron chi connectivity index (χ3n) is 4.14. The molecule has 3 rings (SSSR count). The number of hydrogen-bond acceptors (Lipinski definition) is 9. The van der Waals surface area contributed by atoms with Crippen LogP contribution in [0.4, 0.5) is 11.8 Å². The van der Waals surface area contributed by atoms with E-state index in [9.17, 15) is 4.79 Å². The van der Waals surface area contributed by atoms with Crippen molar-refractivity contribution >= 4 is 24.1 Å². The monoisotopic (exact) mass is 387 g/mol. The minimum absolute atomic E-state index is 0.185. The number of carboxylic acid groups (broad SMARTS) is 1. The lowest BCUT2D eigenvalue weighted by atomic mass is 9.98. The molecule has 1 fully saturated rings. The summed E-state index contributed by atoms with van der Waals surface area (Å²) in [7, 11) is 0. The predicted molar refractivity (Wildman–Crippen MR) is 98.4 cm³/mol. The molecule has 0 aromatic carbocycles. The normalized spacial score (nSPS) is 15.7. The molecular weight excluding hydrogens is 366 g/mol. The number of aromatic nitrogens is 3. The summed E-state index contributed by atoms with van der Waals surface area (Å²) < 4.78 is 4.91. The smallest absolute Gasteiger partial charge is 0.290 e. The first-order valence-corrected chi connectivity index (χ1v) is 8.55. The average molecular weight is 387 g/mol. The van der Waals surface area contributed by atoms with Gasteiger partial charge in [-0.3, -0.25) is 9.59 Å². The fourth-order valence-electron chi connectivity index (χ4n) is 2.84. The Balaban J connectivity index is 0.000000878. The molecule has 148 valence electrons. The number of carbonyl (C=O) groups excluding carboxylic acids is 1. The Morgan fingerprint density at radius 3 is 2.96 bits per heavy atom. The molecule has 0 radical (unpaired) electrons. The number of aryl methyl sites for hydroxylation is 1. The highest BCUT2D eigenvalue weighted by Crippen LogP contribution is 2.21. The van der Waals surface area contributed by atoms with Gasteiger partial charge in [0.2, 0.25) is 5.95 Å². The Morgan fingerprint density at radius 1 is 1.61 bits per heavy atom. The van der Waals surface area contributed by atoms with Gasteiger partial charge in [-0.05, 0) is 25.7 Å². The van der Waals surface area contributed by atoms with Gasteiger partial charge < -0.3 is 25.6 Å². The Morgan fingerprint density at radius 2 is 2.36 bits per heavy atom. The van der Waals surface area contributed by atoms with E-state index in [-0.39, 0.29) is 35.4 Å². The molecular formula is C17H21N7O4. The molecule has 1 atom stereocenters. The Hall–Kier alpha value is -3.68. The van der Waals surface area contributed by atoms with Crippen molar-refractivity contribution in [3.63, 3.8) is 0 Å². The number of nitrogens with two attached hydrogens (primary N) is 1. The maximum atomic E-state index is 12.0. The van der Waals surface area contributed by atoms with Crippen molar-refractivity contribution in [2.75, 3.05) is 30.3 Å². The Kier molecular flexibility index (Phi) is 7.27. The third-order valence-corrected chi connectivity index (χ3v) is 4.14. The van der Waals surface area contributed by atoms with Gasteiger partial charge in [0.1, 0.15) is 23.2 Å². The molecule has 28 heavy (non-hydrogen) atoms. The van der Waals surface area contributed by atoms with Gasteiger partial charge in [-0.1, -0.05) is 5.16 Å². The standard InChI is InChI=1S/C16H19N7O2.CH2O2/c1-10-5-13(22-25-10)15(24)19-7-11-3-2-4-23(9-11)16-20-8-12(6-17)14(18)21-16;2-1-3/h5,8,11H,2-4,7,9H2,1H3,(H,19,24)(H2,18,20,21);1H,(H,2,3). The number of anilines is 2. The van der Waals surface area contributed by atoms with Crippen LogP contribution >= 0.6 is 0 Å². The number of nitrogen functional groups attached to an aromatic ring is 1. The van der Waals surface area contributed by atoms with Crippen molar-refractivity contribution in [3.05, 3.63) is 29.3 Å². The quantitative estimate of drug-likeness (QED) is 0.630. The molecule has 2 aromatic rings. The minimum Gasteiger partial charge on any atom is -0.483 e. The summed E-state index contributed by atoms with van der Waals surface area (Å²) in [6.07, 6.45) is 3.41. The van der Waals surface area contributed by atoms with Crippen LogP contribution in [-0.4, -0.2) is 52.2 Å². The average Bonchev–Trinajstić information content (AvgIpc) is 3.13. The number of rotatable bonds is 4. The zero-order valence-corrected chi connectivity index (χ0v) is 15.3. The van der Waals surface area contributed by atoms with E-state index in [2.05, 4.69) is 20.4 Å². The van der Waals surface area contributed by atoms with Crippen LogP contribution in [-0.2, 0) is 4.79 Å². The highest BCUT2D eigenvalue weighted by Gasteiger charge is 2.23. The molecule has 1 saturated heterocycles. The summed E-state index contributed by atoms with van der Waals surface area (Å²) >= 11 is 0. The van der Waals surface area contributed by atoms with Crippen LogP contribution in [0.2, 0.25) is 0 Å². The number of hydrogen-bond donors (Lipinski definition) is 3. The second kappa shape index (κ2) is 9.86. The number of nitrogens with zero attached hydrogens (tertiary/aromatic N) is 5. The van der Waals surface area contributed by atoms with Crippen LogP contribution in [0.5, 0.6) is 0 Å². The van der Waals surface area contributed by atoms with E-state index < -0.39 is 0 Å². The summed E-state index contributed by atoms with van der Waals surface area (Å²) in [5.41, 5.74) is 6.32. The van der Waals surface area contributed by atoms with Crippen molar-refractivity contribution < 1.29 is 19.2 Å². The first kappa shape index (κ1) is 20.6. The number of nitriles is 1. The number of carbonyl (C=O) groups is 2. The lowest BCUT2D eigenvalue weighted by molar-refractivity contribution is -0.122. The van der Waals surface area contributed by atoms with Crippen LogP contribution in [0.1, 0.15) is 34.7 Å². The fraction of sp³-hybridized carbons (Fsp3) is 0.412. The molecule has 0 spiro atoms. The molecule has 0 saturated carbocycles. The van der Waals surface area contributed by atoms with Crippen molar-refractivity contribution in [2.45, 2.75) is 19.8 Å². The number of piperidine rings is 1. The lowest BCUT2D eigenvalue weighted by Crippen LogP contribution is -2.41. The van der Waals surface area contributed by atoms with Gasteiger partial charge >= 0.3 is 0 Å². The van der Waals surface area contributed by atoms with Gasteiger partial charge in [-0.2, -0.15) is 10.2 Å². The molecule has 11 heteroatoms. The highest BCUT2D eigenvalue weighted by atomic mass is 16.5. The Bertz CT molecular complexity index is 861. The van der Waals surface area contributed by atoms with Crippen molar-refractivity contribution in [3.8, 4) is 6.07 Å². The summed E-state index contributed by atoms with van der Waals surface area (Å²) in [6, 6.07) is 3.56. The molecule has 11 nitrogen and oxygen atoms in total. The van der Waals surface area contributed by atoms with Gasteiger partial charge in [0.15, 0.2) is 5.69 Å². The summed E-state index contributed by atoms with van der Waals surface area (Å²) in [5.74, 6) is 1.33. The third kappa shape index (κ3) is 5.41. The molecule has 1 amide bonds. The van der Waals surface area contributed by atoms with Crippen LogP contribution in [0, 0.1) is 24.2 Å². The SMILES string of the molecule is Cc1cc(C(=O)NCC2CCCN(c3ncc(C#N)c(N)n3)C2)no1.O=CO. The van der Waals surface area contributed by atoms with E-state index in [1.54, 1.807) is 13.0 Å². The minimum atomic E-state index is -0.250. The van der Waals surface area contributed by atoms with E-state index in [1.807, 2.05) is 11.0 Å². The second-order valence-electron chi connectivity index (χ2n) is 6.17. The van der Waals surface area contributed by atoms with Gasteiger partial charge in [0, 0.05) is 25.7 Å². The van der Waals surface area contributed by atoms with E-state index in [0.29, 0.717) is 24.8 Å². The van der Waals surface area contributed by atoms with Gasteiger partial charge in [-0.25, -0.2) is 4.98 Å². The second-order valence-corrected chi connectivity index (χ2v) is 6.17. The van der Waals surface area contributed by atoms with E-state index in [0.717, 1.165) is 19.4 Å². The first-order chi connectivity index (χ1) is 13.5. The molecule has 0 bridgehead atoms. The van der Waals surface area contributed by atoms with Crippen LogP contribution in [0.3, 0.4) is 0 Å². The largest absolute Gasteiger partial charge is 0.483 e. The van der Waals surface area contributed by atoms with E-state index in [1.165, 1.54) is 6.20 Å². The van der Waals surface area contributed by atoms with Crippen LogP contribution < -0.4 is 16.0 Å². The van der Waals surface area contributed by atoms with Crippen molar-refractivity contribution in [1.82, 2.24) is 20.4 Å². The maximum Gasteiger partial charge on any atom is 0.290 e. The molecule has 2 aromatic heterocycles. The van der Waals surface area contributed by atoms with Gasteiger partial charge in [-0.15, -0.1) is 0 Å². The Labute approximate surface area is 161 Å². The lowest BCUT2D eigenvalue weighted by Gasteiger charge is -2.32. The fourth-order valence-corrected chi connectivity index (χ4v) is 2.84. The molecule has 1 aliphatic rings. The number of nitrogens with one attached hydrogen (secondary N) is 1. The van der Waals surface area contributed by atoms with Crippen LogP contribution in [0.15, 0.2) is 16.8 Å². The summed E-state index contributed by atoms with van der Waals surface area (Å²) in [6.45, 7) is 3.56. The molecule has 4 N–H and O–H groups in total. The molecule has 1 unspecified atom stereocenters. The maximum absolute atomic E-state index is 12.0. The molecule has 3 heterocycles. The molecule has 0 aliphatic carbocycles. The molecule has 1 aliphatic heterocycles.